The van der Waals surface area contributed by atoms with Crippen LogP contribution < -0.4 is 10.2 Å². The lowest BCUT2D eigenvalue weighted by Crippen LogP contribution is -2.44. The van der Waals surface area contributed by atoms with Crippen LogP contribution in [0.1, 0.15) is 0 Å². The molecular formula is C13H12BrFN6. The predicted molar refractivity (Wildman–Crippen MR) is 81.0 cm³/mol. The summed E-state index contributed by atoms with van der Waals surface area (Å²) in [5, 5.41) is 7.51. The summed E-state index contributed by atoms with van der Waals surface area (Å²) >= 11 is 3.30. The minimum absolute atomic E-state index is 0.310. The van der Waals surface area contributed by atoms with Crippen molar-refractivity contribution in [2.24, 2.45) is 0 Å². The van der Waals surface area contributed by atoms with Crippen LogP contribution in [0.2, 0.25) is 0 Å². The number of anilines is 1. The van der Waals surface area contributed by atoms with Gasteiger partial charge in [-0.25, -0.2) is 18.9 Å². The van der Waals surface area contributed by atoms with E-state index in [1.165, 1.54) is 12.4 Å². The van der Waals surface area contributed by atoms with Gasteiger partial charge in [-0.05, 0) is 12.1 Å². The van der Waals surface area contributed by atoms with Gasteiger partial charge in [-0.1, -0.05) is 15.9 Å². The zero-order valence-electron chi connectivity index (χ0n) is 11.1. The minimum Gasteiger partial charge on any atom is -0.351 e. The first-order valence-electron chi connectivity index (χ1n) is 6.68. The van der Waals surface area contributed by atoms with Crippen molar-refractivity contribution in [1.82, 2.24) is 24.9 Å². The molecule has 0 bridgehead atoms. The third kappa shape index (κ3) is 2.06. The van der Waals surface area contributed by atoms with Gasteiger partial charge in [-0.15, -0.1) is 0 Å². The largest absolute Gasteiger partial charge is 0.351 e. The third-order valence-corrected chi connectivity index (χ3v) is 4.08. The van der Waals surface area contributed by atoms with Crippen molar-refractivity contribution < 1.29 is 4.39 Å². The van der Waals surface area contributed by atoms with Crippen LogP contribution in [-0.2, 0) is 0 Å². The molecule has 1 aromatic carbocycles. The van der Waals surface area contributed by atoms with Gasteiger partial charge in [0.05, 0.1) is 5.52 Å². The first-order valence-corrected chi connectivity index (χ1v) is 7.47. The fourth-order valence-corrected chi connectivity index (χ4v) is 3.06. The number of nitrogens with zero attached hydrogens (tertiary/aromatic N) is 5. The van der Waals surface area contributed by atoms with Gasteiger partial charge in [-0.2, -0.15) is 5.10 Å². The van der Waals surface area contributed by atoms with E-state index in [0.717, 1.165) is 26.2 Å². The average Bonchev–Trinajstić information content (AvgIpc) is 2.97. The molecule has 1 fully saturated rings. The number of piperazine rings is 1. The van der Waals surface area contributed by atoms with E-state index in [2.05, 4.69) is 41.2 Å². The highest BCUT2D eigenvalue weighted by atomic mass is 79.9. The van der Waals surface area contributed by atoms with Crippen LogP contribution in [0.15, 0.2) is 22.9 Å². The quantitative estimate of drug-likeness (QED) is 0.722. The number of hydrogen-bond donors (Lipinski definition) is 1. The number of rotatable bonds is 1. The molecule has 1 N–H and O–H groups in total. The molecule has 4 rings (SSSR count). The Balaban J connectivity index is 2.03. The maximum absolute atomic E-state index is 14.2. The van der Waals surface area contributed by atoms with E-state index in [1.807, 2.05) is 0 Å². The normalized spacial score (nSPS) is 16.0. The Labute approximate surface area is 128 Å². The van der Waals surface area contributed by atoms with E-state index in [-0.39, 0.29) is 5.82 Å². The van der Waals surface area contributed by atoms with Gasteiger partial charge in [-0.3, -0.25) is 0 Å². The number of hydrogen-bond acceptors (Lipinski definition) is 5. The van der Waals surface area contributed by atoms with E-state index in [0.29, 0.717) is 27.0 Å². The Morgan fingerprint density at radius 1 is 1.24 bits per heavy atom. The molecule has 0 aliphatic carbocycles. The zero-order valence-corrected chi connectivity index (χ0v) is 12.6. The molecule has 108 valence electrons. The van der Waals surface area contributed by atoms with Gasteiger partial charge in [0.1, 0.15) is 11.8 Å². The summed E-state index contributed by atoms with van der Waals surface area (Å²) in [6, 6.07) is 3.22. The lowest BCUT2D eigenvalue weighted by Gasteiger charge is -2.28. The van der Waals surface area contributed by atoms with Crippen molar-refractivity contribution in [1.29, 1.82) is 0 Å². The second kappa shape index (κ2) is 4.88. The highest BCUT2D eigenvalue weighted by molar-refractivity contribution is 9.10. The smallest absolute Gasteiger partial charge is 0.199 e. The maximum Gasteiger partial charge on any atom is 0.199 e. The standard InChI is InChI=1S/C13H12BrFN6/c14-8-5-9(15)11-10(6-8)21-12(17-7-18-21)13(19-11)20-3-1-16-2-4-20/h5-7,16H,1-4H2. The molecule has 0 unspecified atom stereocenters. The van der Waals surface area contributed by atoms with Crippen molar-refractivity contribution in [3.63, 3.8) is 0 Å². The van der Waals surface area contributed by atoms with Crippen molar-refractivity contribution in [2.45, 2.75) is 0 Å². The number of aromatic nitrogens is 4. The van der Waals surface area contributed by atoms with Crippen LogP contribution >= 0.6 is 15.9 Å². The minimum atomic E-state index is -0.367. The molecule has 8 heteroatoms. The highest BCUT2D eigenvalue weighted by Gasteiger charge is 2.20. The van der Waals surface area contributed by atoms with E-state index in [4.69, 9.17) is 0 Å². The van der Waals surface area contributed by atoms with Gasteiger partial charge in [0.15, 0.2) is 17.3 Å². The van der Waals surface area contributed by atoms with Crippen LogP contribution in [0.4, 0.5) is 10.2 Å². The van der Waals surface area contributed by atoms with Gasteiger partial charge >= 0.3 is 0 Å². The number of fused-ring (bicyclic) bond motifs is 3. The monoisotopic (exact) mass is 350 g/mol. The number of benzene rings is 1. The molecule has 0 atom stereocenters. The SMILES string of the molecule is Fc1cc(Br)cc2c1nc(N1CCNCC1)c1ncnn12. The maximum atomic E-state index is 14.2. The van der Waals surface area contributed by atoms with Crippen molar-refractivity contribution >= 4 is 38.4 Å². The fourth-order valence-electron chi connectivity index (χ4n) is 2.64. The fraction of sp³-hybridized carbons (Fsp3) is 0.308. The molecule has 2 aromatic heterocycles. The average molecular weight is 351 g/mol. The Hall–Kier alpha value is -1.80. The molecule has 0 saturated carbocycles. The molecule has 21 heavy (non-hydrogen) atoms. The second-order valence-corrected chi connectivity index (χ2v) is 5.84. The Morgan fingerprint density at radius 3 is 2.86 bits per heavy atom. The van der Waals surface area contributed by atoms with Crippen LogP contribution in [0, 0.1) is 5.82 Å². The summed E-state index contributed by atoms with van der Waals surface area (Å²) in [6.45, 7) is 3.39. The molecule has 3 aromatic rings. The first-order chi connectivity index (χ1) is 10.2. The first kappa shape index (κ1) is 12.9. The van der Waals surface area contributed by atoms with Crippen molar-refractivity contribution in [2.75, 3.05) is 31.1 Å². The van der Waals surface area contributed by atoms with E-state index in [9.17, 15) is 4.39 Å². The van der Waals surface area contributed by atoms with E-state index in [1.54, 1.807) is 10.6 Å². The van der Waals surface area contributed by atoms with Crippen LogP contribution in [0.3, 0.4) is 0 Å². The summed E-state index contributed by atoms with van der Waals surface area (Å²) < 4.78 is 16.5. The van der Waals surface area contributed by atoms with Gasteiger partial charge in [0.2, 0.25) is 0 Å². The summed E-state index contributed by atoms with van der Waals surface area (Å²) in [5.41, 5.74) is 1.57. The van der Waals surface area contributed by atoms with Crippen LogP contribution in [-0.4, -0.2) is 45.8 Å². The van der Waals surface area contributed by atoms with E-state index < -0.39 is 0 Å². The Kier molecular flexibility index (Phi) is 3.00. The molecule has 0 spiro atoms. The Morgan fingerprint density at radius 2 is 2.05 bits per heavy atom. The molecule has 1 aliphatic rings. The lowest BCUT2D eigenvalue weighted by atomic mass is 10.2. The summed E-state index contributed by atoms with van der Waals surface area (Å²) in [7, 11) is 0. The lowest BCUT2D eigenvalue weighted by molar-refractivity contribution is 0.585. The van der Waals surface area contributed by atoms with E-state index >= 15 is 0 Å². The summed E-state index contributed by atoms with van der Waals surface area (Å²) in [6.07, 6.45) is 1.47. The third-order valence-electron chi connectivity index (χ3n) is 3.62. The predicted octanol–water partition coefficient (Wildman–Crippen LogP) is 1.59. The second-order valence-electron chi connectivity index (χ2n) is 4.92. The molecule has 1 saturated heterocycles. The van der Waals surface area contributed by atoms with Gasteiger partial charge in [0, 0.05) is 30.7 Å². The van der Waals surface area contributed by atoms with Gasteiger partial charge < -0.3 is 10.2 Å². The summed E-state index contributed by atoms with van der Waals surface area (Å²) in [5.74, 6) is 0.316. The molecule has 3 heterocycles. The summed E-state index contributed by atoms with van der Waals surface area (Å²) in [4.78, 5) is 10.9. The van der Waals surface area contributed by atoms with Crippen LogP contribution in [0.25, 0.3) is 16.7 Å². The van der Waals surface area contributed by atoms with Crippen LogP contribution in [0.5, 0.6) is 0 Å². The molecule has 6 nitrogen and oxygen atoms in total. The highest BCUT2D eigenvalue weighted by Crippen LogP contribution is 2.27. The number of nitrogens with one attached hydrogen (secondary N) is 1. The Bertz CT molecular complexity index is 826. The van der Waals surface area contributed by atoms with Gasteiger partial charge in [0.25, 0.3) is 0 Å². The number of halogens is 2. The topological polar surface area (TPSA) is 58.4 Å². The zero-order chi connectivity index (χ0) is 14.4. The molecule has 1 aliphatic heterocycles. The molecular weight excluding hydrogens is 339 g/mol. The molecule has 0 radical (unpaired) electrons. The molecule has 0 amide bonds. The van der Waals surface area contributed by atoms with Crippen molar-refractivity contribution in [3.8, 4) is 0 Å². The van der Waals surface area contributed by atoms with Crippen molar-refractivity contribution in [3.05, 3.63) is 28.7 Å².